The molecule has 27 heavy (non-hydrogen) atoms. The van der Waals surface area contributed by atoms with E-state index in [9.17, 15) is 4.79 Å². The van der Waals surface area contributed by atoms with Crippen molar-refractivity contribution in [3.05, 3.63) is 77.1 Å². The highest BCUT2D eigenvalue weighted by molar-refractivity contribution is 5.95. The molecular weight excluding hydrogens is 342 g/mol. The Balaban J connectivity index is 1.75. The van der Waals surface area contributed by atoms with Gasteiger partial charge in [-0.05, 0) is 36.2 Å². The van der Waals surface area contributed by atoms with Crippen molar-refractivity contribution < 1.29 is 14.3 Å². The summed E-state index contributed by atoms with van der Waals surface area (Å²) in [7, 11) is 3.16. The zero-order valence-corrected chi connectivity index (χ0v) is 15.7. The number of ether oxygens (including phenoxy) is 2. The maximum Gasteiger partial charge on any atom is 0.251 e. The molecule has 1 amide bonds. The SMILES string of the molecule is COc1cc(C(=O)NCc2ccccc2Cn2cccn2)cc(OC)c1C. The van der Waals surface area contributed by atoms with E-state index in [1.165, 1.54) is 0 Å². The Hall–Kier alpha value is -3.28. The number of carbonyl (C=O) groups excluding carboxylic acids is 1. The zero-order chi connectivity index (χ0) is 19.2. The van der Waals surface area contributed by atoms with Crippen molar-refractivity contribution in [2.24, 2.45) is 0 Å². The maximum absolute atomic E-state index is 12.7. The van der Waals surface area contributed by atoms with Gasteiger partial charge in [-0.25, -0.2) is 0 Å². The first-order valence-corrected chi connectivity index (χ1v) is 8.67. The van der Waals surface area contributed by atoms with Gasteiger partial charge in [0.15, 0.2) is 0 Å². The third-order valence-electron chi connectivity index (χ3n) is 4.46. The van der Waals surface area contributed by atoms with E-state index in [-0.39, 0.29) is 5.91 Å². The van der Waals surface area contributed by atoms with Gasteiger partial charge in [0.05, 0.1) is 20.8 Å². The molecule has 140 valence electrons. The highest BCUT2D eigenvalue weighted by Crippen LogP contribution is 2.29. The van der Waals surface area contributed by atoms with E-state index in [2.05, 4.69) is 10.4 Å². The fourth-order valence-electron chi connectivity index (χ4n) is 2.95. The van der Waals surface area contributed by atoms with Crippen LogP contribution in [0.4, 0.5) is 0 Å². The van der Waals surface area contributed by atoms with Crippen LogP contribution in [0, 0.1) is 6.92 Å². The molecule has 0 saturated carbocycles. The molecule has 0 aliphatic heterocycles. The monoisotopic (exact) mass is 365 g/mol. The first kappa shape index (κ1) is 18.5. The van der Waals surface area contributed by atoms with Crippen LogP contribution in [-0.2, 0) is 13.1 Å². The second-order valence-electron chi connectivity index (χ2n) is 6.16. The standard InChI is InChI=1S/C21H23N3O3/c1-15-19(26-2)11-18(12-20(15)27-3)21(25)22-13-16-7-4-5-8-17(16)14-24-10-6-9-23-24/h4-12H,13-14H2,1-3H3,(H,22,25). The molecule has 0 saturated heterocycles. The first-order valence-electron chi connectivity index (χ1n) is 8.67. The number of methoxy groups -OCH3 is 2. The topological polar surface area (TPSA) is 65.4 Å². The molecule has 0 fully saturated rings. The lowest BCUT2D eigenvalue weighted by Gasteiger charge is -2.14. The fourth-order valence-corrected chi connectivity index (χ4v) is 2.95. The van der Waals surface area contributed by atoms with Crippen molar-refractivity contribution in [3.63, 3.8) is 0 Å². The van der Waals surface area contributed by atoms with Crippen LogP contribution in [-0.4, -0.2) is 29.9 Å². The number of amides is 1. The summed E-state index contributed by atoms with van der Waals surface area (Å²) in [5.41, 5.74) is 3.52. The molecule has 6 nitrogen and oxygen atoms in total. The van der Waals surface area contributed by atoms with E-state index >= 15 is 0 Å². The Morgan fingerprint density at radius 2 is 1.74 bits per heavy atom. The Labute approximate surface area is 158 Å². The van der Waals surface area contributed by atoms with Crippen LogP contribution in [0.15, 0.2) is 54.9 Å². The van der Waals surface area contributed by atoms with Crippen LogP contribution >= 0.6 is 0 Å². The minimum absolute atomic E-state index is 0.180. The third-order valence-corrected chi connectivity index (χ3v) is 4.46. The Morgan fingerprint density at radius 3 is 2.33 bits per heavy atom. The van der Waals surface area contributed by atoms with Crippen molar-refractivity contribution in [3.8, 4) is 11.5 Å². The summed E-state index contributed by atoms with van der Waals surface area (Å²) in [6, 6.07) is 13.3. The summed E-state index contributed by atoms with van der Waals surface area (Å²) in [5.74, 6) is 1.07. The largest absolute Gasteiger partial charge is 0.496 e. The van der Waals surface area contributed by atoms with E-state index in [4.69, 9.17) is 9.47 Å². The van der Waals surface area contributed by atoms with Crippen LogP contribution in [0.25, 0.3) is 0 Å². The molecule has 1 heterocycles. The van der Waals surface area contributed by atoms with Crippen molar-refractivity contribution in [2.45, 2.75) is 20.0 Å². The van der Waals surface area contributed by atoms with Crippen LogP contribution < -0.4 is 14.8 Å². The van der Waals surface area contributed by atoms with Gasteiger partial charge < -0.3 is 14.8 Å². The van der Waals surface area contributed by atoms with E-state index in [0.29, 0.717) is 30.2 Å². The summed E-state index contributed by atoms with van der Waals surface area (Å²) in [5, 5.41) is 7.22. The zero-order valence-electron chi connectivity index (χ0n) is 15.7. The number of nitrogens with one attached hydrogen (secondary N) is 1. The van der Waals surface area contributed by atoms with E-state index < -0.39 is 0 Å². The molecule has 0 aliphatic carbocycles. The van der Waals surface area contributed by atoms with Crippen molar-refractivity contribution >= 4 is 5.91 Å². The lowest BCUT2D eigenvalue weighted by molar-refractivity contribution is 0.0950. The molecule has 1 aromatic heterocycles. The second-order valence-corrected chi connectivity index (χ2v) is 6.16. The second kappa shape index (κ2) is 8.40. The van der Waals surface area contributed by atoms with Gasteiger partial charge in [-0.1, -0.05) is 24.3 Å². The third kappa shape index (κ3) is 4.28. The lowest BCUT2D eigenvalue weighted by atomic mass is 10.1. The molecule has 0 aliphatic rings. The van der Waals surface area contributed by atoms with E-state index in [0.717, 1.165) is 16.7 Å². The molecule has 0 atom stereocenters. The highest BCUT2D eigenvalue weighted by Gasteiger charge is 2.14. The summed E-state index contributed by atoms with van der Waals surface area (Å²) >= 11 is 0. The normalized spacial score (nSPS) is 10.5. The number of aromatic nitrogens is 2. The quantitative estimate of drug-likeness (QED) is 0.698. The van der Waals surface area contributed by atoms with Gasteiger partial charge in [0.2, 0.25) is 0 Å². The molecule has 2 aromatic carbocycles. The number of nitrogens with zero attached hydrogens (tertiary/aromatic N) is 2. The van der Waals surface area contributed by atoms with Gasteiger partial charge in [0.25, 0.3) is 5.91 Å². The summed E-state index contributed by atoms with van der Waals surface area (Å²) in [6.45, 7) is 2.98. The number of rotatable bonds is 7. The van der Waals surface area contributed by atoms with Crippen LogP contribution in [0.2, 0.25) is 0 Å². The molecule has 0 spiro atoms. The van der Waals surface area contributed by atoms with Crippen molar-refractivity contribution in [1.29, 1.82) is 0 Å². The molecule has 0 radical (unpaired) electrons. The first-order chi connectivity index (χ1) is 13.1. The molecule has 3 aromatic rings. The maximum atomic E-state index is 12.7. The Kier molecular flexibility index (Phi) is 5.76. The van der Waals surface area contributed by atoms with Gasteiger partial charge >= 0.3 is 0 Å². The number of carbonyl (C=O) groups is 1. The van der Waals surface area contributed by atoms with Crippen LogP contribution in [0.5, 0.6) is 11.5 Å². The minimum Gasteiger partial charge on any atom is -0.496 e. The van der Waals surface area contributed by atoms with Crippen LogP contribution in [0.3, 0.4) is 0 Å². The van der Waals surface area contributed by atoms with Gasteiger partial charge in [-0.3, -0.25) is 9.48 Å². The lowest BCUT2D eigenvalue weighted by Crippen LogP contribution is -2.24. The van der Waals surface area contributed by atoms with E-state index in [1.54, 1.807) is 32.5 Å². The molecule has 1 N–H and O–H groups in total. The van der Waals surface area contributed by atoms with Crippen LogP contribution in [0.1, 0.15) is 27.0 Å². The summed E-state index contributed by atoms with van der Waals surface area (Å²) in [6.07, 6.45) is 3.67. The number of hydrogen-bond donors (Lipinski definition) is 1. The fraction of sp³-hybridized carbons (Fsp3) is 0.238. The Bertz CT molecular complexity index is 895. The molecule has 0 bridgehead atoms. The van der Waals surface area contributed by atoms with Crippen molar-refractivity contribution in [1.82, 2.24) is 15.1 Å². The predicted molar refractivity (Wildman–Crippen MR) is 103 cm³/mol. The molecule has 3 rings (SSSR count). The van der Waals surface area contributed by atoms with Gasteiger partial charge in [-0.2, -0.15) is 5.10 Å². The predicted octanol–water partition coefficient (Wildman–Crippen LogP) is 3.19. The average molecular weight is 365 g/mol. The van der Waals surface area contributed by atoms with Gasteiger partial charge in [0, 0.05) is 30.1 Å². The summed E-state index contributed by atoms with van der Waals surface area (Å²) in [4.78, 5) is 12.7. The molecule has 0 unspecified atom stereocenters. The summed E-state index contributed by atoms with van der Waals surface area (Å²) < 4.78 is 12.6. The average Bonchev–Trinajstić information content (AvgIpc) is 3.20. The number of benzene rings is 2. The minimum atomic E-state index is -0.180. The highest BCUT2D eigenvalue weighted by atomic mass is 16.5. The van der Waals surface area contributed by atoms with Gasteiger partial charge in [0.1, 0.15) is 11.5 Å². The molecular formula is C21H23N3O3. The molecule has 6 heteroatoms. The Morgan fingerprint density at radius 1 is 1.07 bits per heavy atom. The smallest absolute Gasteiger partial charge is 0.251 e. The van der Waals surface area contributed by atoms with E-state index in [1.807, 2.05) is 48.1 Å². The number of hydrogen-bond acceptors (Lipinski definition) is 4. The van der Waals surface area contributed by atoms with Crippen molar-refractivity contribution in [2.75, 3.05) is 14.2 Å². The van der Waals surface area contributed by atoms with Gasteiger partial charge in [-0.15, -0.1) is 0 Å².